The molecule has 3 heteroatoms. The van der Waals surface area contributed by atoms with E-state index in [1.54, 1.807) is 11.9 Å². The van der Waals surface area contributed by atoms with Crippen LogP contribution in [-0.4, -0.2) is 15.4 Å². The van der Waals surface area contributed by atoms with Gasteiger partial charge in [-0.05, 0) is 24.4 Å². The Morgan fingerprint density at radius 1 is 1.75 bits per heavy atom. The molecule has 2 nitrogen and oxygen atoms in total. The third-order valence-electron chi connectivity index (χ3n) is 0.876. The van der Waals surface area contributed by atoms with E-state index in [0.29, 0.717) is 0 Å². The summed E-state index contributed by atoms with van der Waals surface area (Å²) in [7, 11) is 0. The highest BCUT2D eigenvalue weighted by Crippen LogP contribution is 2.00. The lowest BCUT2D eigenvalue weighted by atomic mass is 10.4. The summed E-state index contributed by atoms with van der Waals surface area (Å²) in [6.45, 7) is 2.03. The van der Waals surface area contributed by atoms with Crippen LogP contribution in [0.25, 0.3) is 0 Å². The van der Waals surface area contributed by atoms with Gasteiger partial charge >= 0.3 is 0 Å². The maximum atomic E-state index is 4.01. The molecule has 0 saturated heterocycles. The van der Waals surface area contributed by atoms with Crippen molar-refractivity contribution in [3.05, 3.63) is 18.0 Å². The Kier molecular flexibility index (Phi) is 1.58. The summed E-state index contributed by atoms with van der Waals surface area (Å²) in [5.74, 6) is 0. The SMILES string of the molecule is CSn1cc(C)cn1. The van der Waals surface area contributed by atoms with E-state index in [0.717, 1.165) is 0 Å². The Morgan fingerprint density at radius 3 is 2.75 bits per heavy atom. The molecule has 0 saturated carbocycles. The van der Waals surface area contributed by atoms with Crippen molar-refractivity contribution < 1.29 is 0 Å². The van der Waals surface area contributed by atoms with E-state index in [9.17, 15) is 0 Å². The quantitative estimate of drug-likeness (QED) is 0.567. The molecule has 0 aliphatic rings. The molecule has 0 atom stereocenters. The van der Waals surface area contributed by atoms with Gasteiger partial charge in [0.1, 0.15) is 0 Å². The zero-order valence-electron chi connectivity index (χ0n) is 4.96. The largest absolute Gasteiger partial charge is 0.214 e. The summed E-state index contributed by atoms with van der Waals surface area (Å²) in [4.78, 5) is 0. The molecule has 0 aliphatic carbocycles. The highest BCUT2D eigenvalue weighted by molar-refractivity contribution is 7.97. The zero-order chi connectivity index (χ0) is 5.98. The van der Waals surface area contributed by atoms with Gasteiger partial charge in [-0.3, -0.25) is 0 Å². The van der Waals surface area contributed by atoms with E-state index in [2.05, 4.69) is 5.10 Å². The lowest BCUT2D eigenvalue weighted by Crippen LogP contribution is -1.81. The third kappa shape index (κ3) is 1.04. The molecule has 0 aromatic carbocycles. The fraction of sp³-hybridized carbons (Fsp3) is 0.400. The first-order chi connectivity index (χ1) is 3.83. The van der Waals surface area contributed by atoms with Crippen LogP contribution in [0.4, 0.5) is 0 Å². The molecule has 0 radical (unpaired) electrons. The lowest BCUT2D eigenvalue weighted by molar-refractivity contribution is 1.01. The molecule has 0 bridgehead atoms. The van der Waals surface area contributed by atoms with E-state index in [1.807, 2.05) is 29.7 Å². The van der Waals surface area contributed by atoms with Crippen LogP contribution in [0.5, 0.6) is 0 Å². The molecule has 1 heterocycles. The van der Waals surface area contributed by atoms with Gasteiger partial charge in [0.15, 0.2) is 0 Å². The van der Waals surface area contributed by atoms with Gasteiger partial charge in [0, 0.05) is 12.5 Å². The van der Waals surface area contributed by atoms with Crippen LogP contribution in [-0.2, 0) is 0 Å². The Labute approximate surface area is 53.0 Å². The van der Waals surface area contributed by atoms with Crippen LogP contribution in [0.3, 0.4) is 0 Å². The minimum absolute atomic E-state index is 1.21. The first-order valence-electron chi connectivity index (χ1n) is 2.38. The van der Waals surface area contributed by atoms with Crippen molar-refractivity contribution in [3.8, 4) is 0 Å². The summed E-state index contributed by atoms with van der Waals surface area (Å²) in [5, 5.41) is 4.01. The molecular formula is C5H8N2S. The molecule has 0 amide bonds. The monoisotopic (exact) mass is 128 g/mol. The zero-order valence-corrected chi connectivity index (χ0v) is 5.77. The smallest absolute Gasteiger partial charge is 0.0529 e. The van der Waals surface area contributed by atoms with Crippen molar-refractivity contribution in [3.63, 3.8) is 0 Å². The summed E-state index contributed by atoms with van der Waals surface area (Å²) in [6, 6.07) is 0. The van der Waals surface area contributed by atoms with Crippen molar-refractivity contribution in [2.75, 3.05) is 6.26 Å². The van der Waals surface area contributed by atoms with Gasteiger partial charge in [-0.1, -0.05) is 0 Å². The summed E-state index contributed by atoms with van der Waals surface area (Å²) in [5.41, 5.74) is 1.21. The first-order valence-corrected chi connectivity index (χ1v) is 3.57. The van der Waals surface area contributed by atoms with E-state index in [-0.39, 0.29) is 0 Å². The third-order valence-corrected chi connectivity index (χ3v) is 1.45. The second-order valence-electron chi connectivity index (χ2n) is 1.60. The Bertz CT molecular complexity index is 171. The Morgan fingerprint density at radius 2 is 2.50 bits per heavy atom. The second kappa shape index (κ2) is 2.22. The van der Waals surface area contributed by atoms with Crippen molar-refractivity contribution in [1.82, 2.24) is 9.19 Å². The molecule has 0 spiro atoms. The maximum Gasteiger partial charge on any atom is 0.0529 e. The fourth-order valence-electron chi connectivity index (χ4n) is 0.489. The van der Waals surface area contributed by atoms with Crippen molar-refractivity contribution in [2.24, 2.45) is 0 Å². The van der Waals surface area contributed by atoms with Crippen molar-refractivity contribution in [2.45, 2.75) is 6.92 Å². The van der Waals surface area contributed by atoms with Gasteiger partial charge in [0.25, 0.3) is 0 Å². The number of rotatable bonds is 1. The molecule has 1 aromatic rings. The van der Waals surface area contributed by atoms with Gasteiger partial charge in [0.2, 0.25) is 0 Å². The van der Waals surface area contributed by atoms with Gasteiger partial charge in [0.05, 0.1) is 6.20 Å². The molecule has 1 aromatic heterocycles. The topological polar surface area (TPSA) is 17.8 Å². The Balaban J connectivity index is 2.84. The number of aryl methyl sites for hydroxylation is 1. The lowest BCUT2D eigenvalue weighted by Gasteiger charge is -1.86. The maximum absolute atomic E-state index is 4.01. The number of aromatic nitrogens is 2. The molecule has 44 valence electrons. The predicted molar refractivity (Wildman–Crippen MR) is 35.9 cm³/mol. The van der Waals surface area contributed by atoms with E-state index < -0.39 is 0 Å². The summed E-state index contributed by atoms with van der Waals surface area (Å²) < 4.78 is 1.83. The van der Waals surface area contributed by atoms with Gasteiger partial charge < -0.3 is 0 Å². The molecule has 0 aliphatic heterocycles. The number of hydrogen-bond donors (Lipinski definition) is 0. The van der Waals surface area contributed by atoms with Crippen LogP contribution in [0.1, 0.15) is 5.56 Å². The van der Waals surface area contributed by atoms with Crippen LogP contribution in [0, 0.1) is 6.92 Å². The standard InChI is InChI=1S/C5H8N2S/c1-5-3-6-7(4-5)8-2/h3-4H,1-2H3. The molecule has 8 heavy (non-hydrogen) atoms. The number of nitrogens with zero attached hydrogens (tertiary/aromatic N) is 2. The predicted octanol–water partition coefficient (Wildman–Crippen LogP) is 1.32. The summed E-state index contributed by atoms with van der Waals surface area (Å²) >= 11 is 1.60. The average molecular weight is 128 g/mol. The number of hydrogen-bond acceptors (Lipinski definition) is 2. The fourth-order valence-corrected chi connectivity index (χ4v) is 0.902. The minimum Gasteiger partial charge on any atom is -0.214 e. The van der Waals surface area contributed by atoms with Gasteiger partial charge in [-0.25, -0.2) is 4.09 Å². The van der Waals surface area contributed by atoms with E-state index in [4.69, 9.17) is 0 Å². The summed E-state index contributed by atoms with van der Waals surface area (Å²) in [6.07, 6.45) is 5.83. The highest BCUT2D eigenvalue weighted by Gasteiger charge is 1.86. The van der Waals surface area contributed by atoms with Crippen LogP contribution in [0.2, 0.25) is 0 Å². The normalized spacial score (nSPS) is 9.75. The van der Waals surface area contributed by atoms with Gasteiger partial charge in [-0.15, -0.1) is 0 Å². The molecule has 0 N–H and O–H groups in total. The molecular weight excluding hydrogens is 120 g/mol. The minimum atomic E-state index is 1.21. The first kappa shape index (κ1) is 5.69. The van der Waals surface area contributed by atoms with Crippen LogP contribution >= 0.6 is 11.9 Å². The van der Waals surface area contributed by atoms with Crippen molar-refractivity contribution >= 4 is 11.9 Å². The molecule has 0 fully saturated rings. The highest BCUT2D eigenvalue weighted by atomic mass is 32.2. The molecule has 1 rings (SSSR count). The van der Waals surface area contributed by atoms with Gasteiger partial charge in [-0.2, -0.15) is 5.10 Å². The van der Waals surface area contributed by atoms with Crippen molar-refractivity contribution in [1.29, 1.82) is 0 Å². The van der Waals surface area contributed by atoms with E-state index in [1.165, 1.54) is 5.56 Å². The Hall–Kier alpha value is -0.440. The average Bonchev–Trinajstić information content (AvgIpc) is 2.14. The van der Waals surface area contributed by atoms with Crippen LogP contribution < -0.4 is 0 Å². The second-order valence-corrected chi connectivity index (χ2v) is 2.34. The van der Waals surface area contributed by atoms with E-state index >= 15 is 0 Å². The van der Waals surface area contributed by atoms with Crippen LogP contribution in [0.15, 0.2) is 12.4 Å². The molecule has 0 unspecified atom stereocenters.